The highest BCUT2D eigenvalue weighted by Crippen LogP contribution is 2.09. The Kier molecular flexibility index (Phi) is 11.8. The number of carbonyl (C=O) groups excluding carboxylic acids is 1. The molecule has 0 aliphatic heterocycles. The van der Waals surface area contributed by atoms with Crippen molar-refractivity contribution < 1.29 is 14.1 Å². The largest absolute Gasteiger partial charge is 0.469 e. The second-order valence-corrected chi connectivity index (χ2v) is 6.12. The first-order valence-electron chi connectivity index (χ1n) is 8.16. The number of quaternary nitrogens is 1. The van der Waals surface area contributed by atoms with Gasteiger partial charge in [-0.05, 0) is 12.8 Å². The van der Waals surface area contributed by atoms with Gasteiger partial charge in [0.1, 0.15) is 0 Å². The third-order valence-electron chi connectivity index (χ3n) is 3.67. The zero-order valence-corrected chi connectivity index (χ0v) is 14.0. The Morgan fingerprint density at radius 1 is 1.00 bits per heavy atom. The second kappa shape index (κ2) is 12.2. The maximum absolute atomic E-state index is 11.0. The zero-order chi connectivity index (χ0) is 15.3. The molecule has 0 radical (unpaired) electrons. The number of esters is 1. The third kappa shape index (κ3) is 12.4. The summed E-state index contributed by atoms with van der Waals surface area (Å²) in [7, 11) is 5.74. The molecule has 0 unspecified atom stereocenters. The van der Waals surface area contributed by atoms with Gasteiger partial charge < -0.3 is 4.74 Å². The van der Waals surface area contributed by atoms with Crippen LogP contribution in [0.1, 0.15) is 64.7 Å². The van der Waals surface area contributed by atoms with Gasteiger partial charge in [0, 0.05) is 0 Å². The van der Waals surface area contributed by atoms with Gasteiger partial charge >= 0.3 is 5.97 Å². The fourth-order valence-corrected chi connectivity index (χ4v) is 2.28. The number of nitrogens with zero attached hydrogens (tertiary/aromatic N) is 1. The smallest absolute Gasteiger partial charge is 0.307 e. The van der Waals surface area contributed by atoms with Crippen molar-refractivity contribution in [3.05, 3.63) is 0 Å². The molecule has 0 rings (SSSR count). The Morgan fingerprint density at radius 2 is 1.55 bits per heavy atom. The van der Waals surface area contributed by atoms with Crippen molar-refractivity contribution in [3.8, 4) is 0 Å². The van der Waals surface area contributed by atoms with E-state index in [1.165, 1.54) is 58.5 Å². The Bertz CT molecular complexity index is 243. The van der Waals surface area contributed by atoms with Crippen LogP contribution in [-0.2, 0) is 9.53 Å². The average Bonchev–Trinajstić information content (AvgIpc) is 2.41. The summed E-state index contributed by atoms with van der Waals surface area (Å²) >= 11 is 0. The summed E-state index contributed by atoms with van der Waals surface area (Å²) in [5.74, 6) is -0.149. The highest BCUT2D eigenvalue weighted by Gasteiger charge is 2.14. The molecule has 0 saturated carbocycles. The van der Waals surface area contributed by atoms with E-state index in [1.54, 1.807) is 0 Å². The molecule has 0 aliphatic carbocycles. The van der Waals surface area contributed by atoms with Gasteiger partial charge in [0.25, 0.3) is 0 Å². The topological polar surface area (TPSA) is 38.3 Å². The summed E-state index contributed by atoms with van der Waals surface area (Å²) < 4.78 is 5.40. The van der Waals surface area contributed by atoms with Crippen molar-refractivity contribution >= 4 is 5.97 Å². The maximum atomic E-state index is 11.0. The summed E-state index contributed by atoms with van der Waals surface area (Å²) in [5, 5.41) is 0. The lowest BCUT2D eigenvalue weighted by atomic mass is 10.1. The van der Waals surface area contributed by atoms with Crippen LogP contribution >= 0.6 is 0 Å². The number of methoxy groups -OCH3 is 1. The molecule has 0 saturated heterocycles. The van der Waals surface area contributed by atoms with Crippen LogP contribution in [0.2, 0.25) is 0 Å². The third-order valence-corrected chi connectivity index (χ3v) is 3.67. The molecule has 0 amide bonds. The Labute approximate surface area is 125 Å². The maximum Gasteiger partial charge on any atom is 0.307 e. The van der Waals surface area contributed by atoms with Crippen molar-refractivity contribution in [2.24, 2.45) is 0 Å². The van der Waals surface area contributed by atoms with Crippen molar-refractivity contribution in [1.29, 1.82) is 0 Å². The SMILES string of the molecule is CCCCCCCCCC[N+](C)(C)NCCC(=O)OC. The van der Waals surface area contributed by atoms with Gasteiger partial charge in [-0.25, -0.2) is 0 Å². The van der Waals surface area contributed by atoms with Crippen LogP contribution in [0, 0.1) is 0 Å². The van der Waals surface area contributed by atoms with Gasteiger partial charge in [-0.1, -0.05) is 45.4 Å². The van der Waals surface area contributed by atoms with E-state index >= 15 is 0 Å². The predicted molar refractivity (Wildman–Crippen MR) is 84.2 cm³/mol. The van der Waals surface area contributed by atoms with E-state index in [1.807, 2.05) is 0 Å². The second-order valence-electron chi connectivity index (χ2n) is 6.12. The van der Waals surface area contributed by atoms with Crippen LogP contribution in [0.5, 0.6) is 0 Å². The van der Waals surface area contributed by atoms with Gasteiger partial charge in [0.2, 0.25) is 0 Å². The highest BCUT2D eigenvalue weighted by atomic mass is 16.5. The lowest BCUT2D eigenvalue weighted by Crippen LogP contribution is -2.52. The van der Waals surface area contributed by atoms with Crippen molar-refractivity contribution in [2.45, 2.75) is 64.7 Å². The molecule has 0 spiro atoms. The lowest BCUT2D eigenvalue weighted by molar-refractivity contribution is -0.934. The molecule has 0 fully saturated rings. The number of hydrogen-bond donors (Lipinski definition) is 1. The van der Waals surface area contributed by atoms with E-state index in [0.29, 0.717) is 13.0 Å². The summed E-state index contributed by atoms with van der Waals surface area (Å²) in [4.78, 5) is 11.0. The molecule has 0 bridgehead atoms. The van der Waals surface area contributed by atoms with Crippen molar-refractivity contribution in [1.82, 2.24) is 5.43 Å². The Morgan fingerprint density at radius 3 is 2.10 bits per heavy atom. The summed E-state index contributed by atoms with van der Waals surface area (Å²) in [5.41, 5.74) is 3.38. The average molecular weight is 287 g/mol. The fraction of sp³-hybridized carbons (Fsp3) is 0.938. The molecule has 0 aromatic heterocycles. The first kappa shape index (κ1) is 19.4. The molecule has 0 heterocycles. The molecule has 0 atom stereocenters. The lowest BCUT2D eigenvalue weighted by Gasteiger charge is -2.29. The van der Waals surface area contributed by atoms with E-state index in [9.17, 15) is 4.79 Å². The van der Waals surface area contributed by atoms with E-state index in [-0.39, 0.29) is 5.97 Å². The molecule has 4 heteroatoms. The summed E-state index contributed by atoms with van der Waals surface area (Å²) in [6.07, 6.45) is 11.2. The summed E-state index contributed by atoms with van der Waals surface area (Å²) in [6.45, 7) is 4.04. The number of unbranched alkanes of at least 4 members (excludes halogenated alkanes) is 7. The van der Waals surface area contributed by atoms with Crippen LogP contribution < -0.4 is 5.43 Å². The monoisotopic (exact) mass is 287 g/mol. The van der Waals surface area contributed by atoms with Gasteiger partial charge in [0.05, 0.1) is 40.7 Å². The number of hydrogen-bond acceptors (Lipinski definition) is 3. The van der Waals surface area contributed by atoms with Crippen molar-refractivity contribution in [2.75, 3.05) is 34.3 Å². The minimum absolute atomic E-state index is 0.149. The molecule has 0 aromatic rings. The van der Waals surface area contributed by atoms with Crippen LogP contribution in [0.4, 0.5) is 0 Å². The molecule has 20 heavy (non-hydrogen) atoms. The number of nitrogens with one attached hydrogen (secondary N) is 1. The van der Waals surface area contributed by atoms with Gasteiger partial charge in [-0.15, -0.1) is 0 Å². The molecular weight excluding hydrogens is 252 g/mol. The summed E-state index contributed by atoms with van der Waals surface area (Å²) in [6, 6.07) is 0. The zero-order valence-electron chi connectivity index (χ0n) is 14.0. The predicted octanol–water partition coefficient (Wildman–Crippen LogP) is 3.27. The van der Waals surface area contributed by atoms with Crippen LogP contribution in [-0.4, -0.2) is 44.9 Å². The number of carbonyl (C=O) groups is 1. The van der Waals surface area contributed by atoms with E-state index in [4.69, 9.17) is 0 Å². The van der Waals surface area contributed by atoms with Gasteiger partial charge in [-0.2, -0.15) is 5.43 Å². The Hall–Kier alpha value is -0.610. The molecule has 0 aromatic carbocycles. The fourth-order valence-electron chi connectivity index (χ4n) is 2.28. The van der Waals surface area contributed by atoms with Crippen LogP contribution in [0.3, 0.4) is 0 Å². The molecular formula is C16H35N2O2+. The first-order valence-corrected chi connectivity index (χ1v) is 8.16. The quantitative estimate of drug-likeness (QED) is 0.244. The molecule has 1 N–H and O–H groups in total. The molecule has 0 aliphatic rings. The van der Waals surface area contributed by atoms with Crippen molar-refractivity contribution in [3.63, 3.8) is 0 Å². The Balaban J connectivity index is 3.45. The standard InChI is InChI=1S/C16H35N2O2/c1-5-6-7-8-9-10-11-12-15-18(2,3)17-14-13-16(19)20-4/h17H,5-15H2,1-4H3/q+1. The van der Waals surface area contributed by atoms with Gasteiger partial charge in [-0.3, -0.25) is 9.39 Å². The first-order chi connectivity index (χ1) is 9.52. The minimum Gasteiger partial charge on any atom is -0.469 e. The van der Waals surface area contributed by atoms with E-state index in [0.717, 1.165) is 11.1 Å². The highest BCUT2D eigenvalue weighted by molar-refractivity contribution is 5.69. The number of ether oxygens (including phenoxy) is 1. The van der Waals surface area contributed by atoms with E-state index < -0.39 is 0 Å². The van der Waals surface area contributed by atoms with Gasteiger partial charge in [0.15, 0.2) is 0 Å². The molecule has 4 nitrogen and oxygen atoms in total. The normalized spacial score (nSPS) is 11.6. The van der Waals surface area contributed by atoms with E-state index in [2.05, 4.69) is 31.2 Å². The minimum atomic E-state index is -0.149. The van der Waals surface area contributed by atoms with Crippen LogP contribution in [0.15, 0.2) is 0 Å². The number of rotatable bonds is 13. The molecule has 120 valence electrons. The van der Waals surface area contributed by atoms with Crippen LogP contribution in [0.25, 0.3) is 0 Å².